The number of halogens is 2. The molecule has 146 valence electrons. The maximum atomic E-state index is 13.3. The van der Waals surface area contributed by atoms with Crippen LogP contribution >= 0.6 is 11.6 Å². The fraction of sp³-hybridized carbons (Fsp3) is 0.158. The van der Waals surface area contributed by atoms with E-state index in [1.165, 1.54) is 13.0 Å². The third-order valence-corrected chi connectivity index (χ3v) is 4.09. The average molecular weight is 407 g/mol. The Morgan fingerprint density at radius 2 is 2.00 bits per heavy atom. The quantitative estimate of drug-likeness (QED) is 0.334. The number of amides is 1. The van der Waals surface area contributed by atoms with Gasteiger partial charge in [0.25, 0.3) is 5.91 Å². The number of nitro benzene ring substituents is 1. The molecule has 28 heavy (non-hydrogen) atoms. The van der Waals surface area contributed by atoms with E-state index in [9.17, 15) is 24.1 Å². The fourth-order valence-electron chi connectivity index (χ4n) is 2.12. The zero-order chi connectivity index (χ0) is 20.8. The van der Waals surface area contributed by atoms with Crippen molar-refractivity contribution in [2.24, 2.45) is 0 Å². The number of nitrogens with one attached hydrogen (secondary N) is 1. The van der Waals surface area contributed by atoms with Gasteiger partial charge < -0.3 is 10.1 Å². The van der Waals surface area contributed by atoms with E-state index in [4.69, 9.17) is 16.3 Å². The second kappa shape index (κ2) is 9.09. The number of hydrogen-bond donors (Lipinski definition) is 1. The summed E-state index contributed by atoms with van der Waals surface area (Å²) < 4.78 is 18.3. The highest BCUT2D eigenvalue weighted by Crippen LogP contribution is 2.22. The van der Waals surface area contributed by atoms with Gasteiger partial charge >= 0.3 is 11.7 Å². The third kappa shape index (κ3) is 5.62. The van der Waals surface area contributed by atoms with Crippen molar-refractivity contribution in [2.75, 3.05) is 5.32 Å². The van der Waals surface area contributed by atoms with Crippen LogP contribution in [0.3, 0.4) is 0 Å². The van der Waals surface area contributed by atoms with Gasteiger partial charge in [-0.15, -0.1) is 0 Å². The zero-order valence-corrected chi connectivity index (χ0v) is 15.7. The second-order valence-electron chi connectivity index (χ2n) is 5.83. The van der Waals surface area contributed by atoms with Gasteiger partial charge in [0.2, 0.25) is 5.82 Å². The number of esters is 1. The predicted octanol–water partition coefficient (Wildman–Crippen LogP) is 4.28. The van der Waals surface area contributed by atoms with Crippen LogP contribution in [0.1, 0.15) is 18.1 Å². The van der Waals surface area contributed by atoms with Crippen LogP contribution in [0.5, 0.6) is 0 Å². The number of rotatable bonds is 6. The fourth-order valence-corrected chi connectivity index (χ4v) is 2.31. The average Bonchev–Trinajstić information content (AvgIpc) is 2.64. The van der Waals surface area contributed by atoms with Gasteiger partial charge in [-0.25, -0.2) is 4.79 Å². The van der Waals surface area contributed by atoms with Gasteiger partial charge in [-0.3, -0.25) is 14.9 Å². The van der Waals surface area contributed by atoms with Gasteiger partial charge in [-0.05, 0) is 49.2 Å². The molecule has 0 heterocycles. The van der Waals surface area contributed by atoms with Crippen molar-refractivity contribution in [3.8, 4) is 0 Å². The van der Waals surface area contributed by atoms with E-state index in [0.717, 1.165) is 29.8 Å². The molecule has 0 spiro atoms. The smallest absolute Gasteiger partial charge is 0.331 e. The predicted molar refractivity (Wildman–Crippen MR) is 102 cm³/mol. The Bertz CT molecular complexity index is 961. The van der Waals surface area contributed by atoms with Crippen molar-refractivity contribution >= 4 is 40.9 Å². The molecule has 1 amide bonds. The van der Waals surface area contributed by atoms with Crippen molar-refractivity contribution in [3.63, 3.8) is 0 Å². The molecular formula is C19H16ClFN2O5. The standard InChI is InChI=1S/C19H16ClFN2O5/c1-11-3-4-13(9-15(11)20)5-8-18(24)28-12(2)19(25)22-14-6-7-16(21)17(10-14)23(26)27/h3-10,12H,1-2H3,(H,22,25)/b8-5+/t12-/m1/s1. The van der Waals surface area contributed by atoms with Crippen LogP contribution in [0.15, 0.2) is 42.5 Å². The number of benzene rings is 2. The molecule has 2 aromatic rings. The molecule has 0 unspecified atom stereocenters. The Morgan fingerprint density at radius 3 is 2.64 bits per heavy atom. The van der Waals surface area contributed by atoms with E-state index >= 15 is 0 Å². The van der Waals surface area contributed by atoms with Gasteiger partial charge in [0.15, 0.2) is 6.10 Å². The largest absolute Gasteiger partial charge is 0.449 e. The lowest BCUT2D eigenvalue weighted by atomic mass is 10.1. The van der Waals surface area contributed by atoms with E-state index < -0.39 is 34.4 Å². The molecule has 0 aliphatic carbocycles. The van der Waals surface area contributed by atoms with Crippen LogP contribution in [-0.2, 0) is 14.3 Å². The minimum Gasteiger partial charge on any atom is -0.449 e. The van der Waals surface area contributed by atoms with Gasteiger partial charge in [0, 0.05) is 22.9 Å². The highest BCUT2D eigenvalue weighted by molar-refractivity contribution is 6.31. The molecule has 0 bridgehead atoms. The first-order valence-corrected chi connectivity index (χ1v) is 8.45. The first-order valence-electron chi connectivity index (χ1n) is 8.07. The number of carbonyl (C=O) groups excluding carboxylic acids is 2. The Morgan fingerprint density at radius 1 is 1.29 bits per heavy atom. The monoisotopic (exact) mass is 406 g/mol. The van der Waals surface area contributed by atoms with Crippen molar-refractivity contribution in [3.05, 3.63) is 74.6 Å². The molecule has 2 aromatic carbocycles. The number of anilines is 1. The molecule has 0 saturated heterocycles. The first kappa shape index (κ1) is 21.0. The maximum Gasteiger partial charge on any atom is 0.331 e. The number of ether oxygens (including phenoxy) is 1. The molecule has 7 nitrogen and oxygen atoms in total. The summed E-state index contributed by atoms with van der Waals surface area (Å²) in [5.74, 6) is -2.51. The van der Waals surface area contributed by atoms with Crippen molar-refractivity contribution in [1.82, 2.24) is 0 Å². The molecule has 9 heteroatoms. The number of aryl methyl sites for hydroxylation is 1. The van der Waals surface area contributed by atoms with Crippen LogP contribution < -0.4 is 5.32 Å². The first-order chi connectivity index (χ1) is 13.2. The van der Waals surface area contributed by atoms with Crippen molar-refractivity contribution in [2.45, 2.75) is 20.0 Å². The lowest BCUT2D eigenvalue weighted by Crippen LogP contribution is -2.29. The van der Waals surface area contributed by atoms with E-state index in [1.54, 1.807) is 18.2 Å². The van der Waals surface area contributed by atoms with E-state index in [2.05, 4.69) is 5.32 Å². The summed E-state index contributed by atoms with van der Waals surface area (Å²) in [5.41, 5.74) is 0.809. The Kier molecular flexibility index (Phi) is 6.84. The lowest BCUT2D eigenvalue weighted by Gasteiger charge is -2.12. The summed E-state index contributed by atoms with van der Waals surface area (Å²) in [6.45, 7) is 3.18. The number of carbonyl (C=O) groups is 2. The molecule has 1 N–H and O–H groups in total. The molecule has 0 aliphatic heterocycles. The van der Waals surface area contributed by atoms with Crippen molar-refractivity contribution < 1.29 is 23.6 Å². The van der Waals surface area contributed by atoms with E-state index in [1.807, 2.05) is 6.92 Å². The van der Waals surface area contributed by atoms with Crippen LogP contribution in [0.25, 0.3) is 6.08 Å². The minimum atomic E-state index is -1.18. The summed E-state index contributed by atoms with van der Waals surface area (Å²) in [6.07, 6.45) is 1.46. The molecule has 0 aliphatic rings. The maximum absolute atomic E-state index is 13.3. The summed E-state index contributed by atoms with van der Waals surface area (Å²) >= 11 is 6.00. The highest BCUT2D eigenvalue weighted by atomic mass is 35.5. The number of nitrogens with zero attached hydrogens (tertiary/aromatic N) is 1. The minimum absolute atomic E-state index is 0.00541. The zero-order valence-electron chi connectivity index (χ0n) is 14.9. The summed E-state index contributed by atoms with van der Waals surface area (Å²) in [7, 11) is 0. The topological polar surface area (TPSA) is 98.5 Å². The van der Waals surface area contributed by atoms with E-state index in [-0.39, 0.29) is 5.69 Å². The van der Waals surface area contributed by atoms with Gasteiger partial charge in [0.05, 0.1) is 4.92 Å². The van der Waals surface area contributed by atoms with Gasteiger partial charge in [0.1, 0.15) is 0 Å². The molecular weight excluding hydrogens is 391 g/mol. The molecule has 2 rings (SSSR count). The third-order valence-electron chi connectivity index (χ3n) is 3.68. The normalized spacial score (nSPS) is 11.9. The Hall–Kier alpha value is -3.26. The number of nitro groups is 1. The second-order valence-corrected chi connectivity index (χ2v) is 6.24. The number of hydrogen-bond acceptors (Lipinski definition) is 5. The van der Waals surface area contributed by atoms with Crippen molar-refractivity contribution in [1.29, 1.82) is 0 Å². The van der Waals surface area contributed by atoms with Crippen LogP contribution in [0.4, 0.5) is 15.8 Å². The molecule has 0 radical (unpaired) electrons. The molecule has 0 saturated carbocycles. The Balaban J connectivity index is 1.97. The van der Waals surface area contributed by atoms with Crippen LogP contribution in [-0.4, -0.2) is 22.9 Å². The van der Waals surface area contributed by atoms with Gasteiger partial charge in [-0.1, -0.05) is 23.7 Å². The van der Waals surface area contributed by atoms with Crippen LogP contribution in [0, 0.1) is 22.9 Å². The molecule has 0 fully saturated rings. The SMILES string of the molecule is Cc1ccc(/C=C/C(=O)O[C@H](C)C(=O)Nc2ccc(F)c([N+](=O)[O-])c2)cc1Cl. The summed E-state index contributed by atoms with van der Waals surface area (Å²) in [4.78, 5) is 33.8. The molecule has 1 atom stereocenters. The summed E-state index contributed by atoms with van der Waals surface area (Å²) in [6, 6.07) is 8.14. The highest BCUT2D eigenvalue weighted by Gasteiger charge is 2.19. The van der Waals surface area contributed by atoms with Gasteiger partial charge in [-0.2, -0.15) is 4.39 Å². The van der Waals surface area contributed by atoms with Crippen LogP contribution in [0.2, 0.25) is 5.02 Å². The molecule has 0 aromatic heterocycles. The summed E-state index contributed by atoms with van der Waals surface area (Å²) in [5, 5.41) is 13.6. The van der Waals surface area contributed by atoms with E-state index in [0.29, 0.717) is 10.6 Å². The lowest BCUT2D eigenvalue weighted by molar-refractivity contribution is -0.387. The Labute approximate surface area is 164 Å².